The maximum atomic E-state index is 11.9. The largest absolute Gasteiger partial charge is 0.478 e. The van der Waals surface area contributed by atoms with E-state index < -0.39 is 5.97 Å². The van der Waals surface area contributed by atoms with Crippen LogP contribution in [0.15, 0.2) is 29.6 Å². The van der Waals surface area contributed by atoms with Gasteiger partial charge in [0.05, 0.1) is 11.6 Å². The van der Waals surface area contributed by atoms with E-state index in [-0.39, 0.29) is 17.6 Å². The van der Waals surface area contributed by atoms with Crippen molar-refractivity contribution in [2.45, 2.75) is 19.9 Å². The number of carbonyl (C=O) groups excluding carboxylic acids is 1. The maximum Gasteiger partial charge on any atom is 0.335 e. The molecule has 0 aliphatic heterocycles. The highest BCUT2D eigenvalue weighted by molar-refractivity contribution is 7.09. The van der Waals surface area contributed by atoms with Gasteiger partial charge in [-0.25, -0.2) is 14.6 Å². The Kier molecular flexibility index (Phi) is 4.54. The van der Waals surface area contributed by atoms with Gasteiger partial charge in [-0.3, -0.25) is 0 Å². The van der Waals surface area contributed by atoms with Crippen molar-refractivity contribution in [1.29, 1.82) is 0 Å². The molecule has 0 aliphatic rings. The third-order valence-electron chi connectivity index (χ3n) is 2.74. The molecule has 0 spiro atoms. The number of benzene rings is 1. The first-order chi connectivity index (χ1) is 9.95. The van der Waals surface area contributed by atoms with Crippen molar-refractivity contribution in [2.75, 3.05) is 5.32 Å². The fourth-order valence-corrected chi connectivity index (χ4v) is 2.50. The van der Waals surface area contributed by atoms with Gasteiger partial charge in [-0.1, -0.05) is 0 Å². The second-order valence-electron chi connectivity index (χ2n) is 4.53. The van der Waals surface area contributed by atoms with Gasteiger partial charge in [0, 0.05) is 16.8 Å². The summed E-state index contributed by atoms with van der Waals surface area (Å²) in [6, 6.07) is 5.40. The zero-order valence-electron chi connectivity index (χ0n) is 11.6. The van der Waals surface area contributed by atoms with Gasteiger partial charge in [0.2, 0.25) is 0 Å². The molecule has 2 amide bonds. The molecule has 6 nitrogen and oxygen atoms in total. The number of carboxylic acid groups (broad SMARTS) is 1. The lowest BCUT2D eigenvalue weighted by atomic mass is 10.2. The number of urea groups is 1. The molecule has 1 unspecified atom stereocenters. The van der Waals surface area contributed by atoms with Crippen molar-refractivity contribution in [3.63, 3.8) is 0 Å². The molecule has 0 aliphatic carbocycles. The monoisotopic (exact) mass is 305 g/mol. The molecular weight excluding hydrogens is 290 g/mol. The first-order valence-electron chi connectivity index (χ1n) is 6.28. The Morgan fingerprint density at radius 1 is 1.29 bits per heavy atom. The molecule has 0 radical (unpaired) electrons. The van der Waals surface area contributed by atoms with Crippen molar-refractivity contribution >= 4 is 29.0 Å². The second kappa shape index (κ2) is 6.36. The topological polar surface area (TPSA) is 91.3 Å². The van der Waals surface area contributed by atoms with E-state index in [1.165, 1.54) is 23.5 Å². The first kappa shape index (κ1) is 15.0. The standard InChI is InChI=1S/C14H15N3O3S/c1-8-7-21-12(15-8)9(2)16-14(20)17-11-5-3-10(4-6-11)13(18)19/h3-7,9H,1-2H3,(H,18,19)(H2,16,17,20). The Hall–Kier alpha value is -2.41. The van der Waals surface area contributed by atoms with Crippen LogP contribution in [0.5, 0.6) is 0 Å². The number of carbonyl (C=O) groups is 2. The summed E-state index contributed by atoms with van der Waals surface area (Å²) in [6.07, 6.45) is 0. The molecule has 0 saturated heterocycles. The van der Waals surface area contributed by atoms with Gasteiger partial charge in [-0.05, 0) is 38.1 Å². The number of amides is 2. The number of anilines is 1. The highest BCUT2D eigenvalue weighted by Gasteiger charge is 2.12. The lowest BCUT2D eigenvalue weighted by Crippen LogP contribution is -2.31. The fourth-order valence-electron chi connectivity index (χ4n) is 1.69. The van der Waals surface area contributed by atoms with Crippen LogP contribution in [0.4, 0.5) is 10.5 Å². The number of hydrogen-bond acceptors (Lipinski definition) is 4. The first-order valence-corrected chi connectivity index (χ1v) is 7.16. The predicted molar refractivity (Wildman–Crippen MR) is 80.8 cm³/mol. The minimum absolute atomic E-state index is 0.174. The Morgan fingerprint density at radius 2 is 1.95 bits per heavy atom. The molecular formula is C14H15N3O3S. The van der Waals surface area contributed by atoms with Crippen LogP contribution >= 0.6 is 11.3 Å². The van der Waals surface area contributed by atoms with E-state index in [1.807, 2.05) is 19.2 Å². The number of nitrogens with zero attached hydrogens (tertiary/aromatic N) is 1. The maximum absolute atomic E-state index is 11.9. The second-order valence-corrected chi connectivity index (χ2v) is 5.42. The van der Waals surface area contributed by atoms with Gasteiger partial charge in [-0.15, -0.1) is 11.3 Å². The molecule has 1 atom stereocenters. The van der Waals surface area contributed by atoms with E-state index in [0.717, 1.165) is 10.7 Å². The van der Waals surface area contributed by atoms with E-state index >= 15 is 0 Å². The Bertz CT molecular complexity index is 652. The normalized spacial score (nSPS) is 11.7. The third kappa shape index (κ3) is 4.03. The summed E-state index contributed by atoms with van der Waals surface area (Å²) >= 11 is 1.49. The SMILES string of the molecule is Cc1csc(C(C)NC(=O)Nc2ccc(C(=O)O)cc2)n1. The van der Waals surface area contributed by atoms with Crippen molar-refractivity contribution in [3.05, 3.63) is 45.9 Å². The van der Waals surface area contributed by atoms with Gasteiger partial charge in [0.15, 0.2) is 0 Å². The zero-order chi connectivity index (χ0) is 15.4. The Balaban J connectivity index is 1.93. The average molecular weight is 305 g/mol. The smallest absolute Gasteiger partial charge is 0.335 e. The minimum atomic E-state index is -1.00. The Labute approximate surface area is 125 Å². The fraction of sp³-hybridized carbons (Fsp3) is 0.214. The van der Waals surface area contributed by atoms with Crippen molar-refractivity contribution in [2.24, 2.45) is 0 Å². The van der Waals surface area contributed by atoms with Crippen molar-refractivity contribution in [1.82, 2.24) is 10.3 Å². The zero-order valence-corrected chi connectivity index (χ0v) is 12.4. The molecule has 0 bridgehead atoms. The molecule has 2 rings (SSSR count). The number of nitrogens with one attached hydrogen (secondary N) is 2. The molecule has 21 heavy (non-hydrogen) atoms. The summed E-state index contributed by atoms with van der Waals surface area (Å²) in [6.45, 7) is 3.75. The lowest BCUT2D eigenvalue weighted by molar-refractivity contribution is 0.0697. The number of aromatic nitrogens is 1. The van der Waals surface area contributed by atoms with Gasteiger partial charge in [0.1, 0.15) is 5.01 Å². The number of rotatable bonds is 4. The molecule has 110 valence electrons. The summed E-state index contributed by atoms with van der Waals surface area (Å²) in [4.78, 5) is 26.9. The molecule has 3 N–H and O–H groups in total. The number of aromatic carboxylic acids is 1. The highest BCUT2D eigenvalue weighted by Crippen LogP contribution is 2.17. The van der Waals surface area contributed by atoms with E-state index in [0.29, 0.717) is 5.69 Å². The minimum Gasteiger partial charge on any atom is -0.478 e. The van der Waals surface area contributed by atoms with Crippen LogP contribution in [-0.4, -0.2) is 22.1 Å². The number of hydrogen-bond donors (Lipinski definition) is 3. The molecule has 0 fully saturated rings. The summed E-state index contributed by atoms with van der Waals surface area (Å²) in [5.41, 5.74) is 1.63. The van der Waals surface area contributed by atoms with Crippen LogP contribution in [0.2, 0.25) is 0 Å². The number of aryl methyl sites for hydroxylation is 1. The van der Waals surface area contributed by atoms with Crippen LogP contribution in [0.3, 0.4) is 0 Å². The summed E-state index contributed by atoms with van der Waals surface area (Å²) in [5.74, 6) is -1.00. The number of thiazole rings is 1. The molecule has 1 aromatic heterocycles. The Morgan fingerprint density at radius 3 is 2.48 bits per heavy atom. The van der Waals surface area contributed by atoms with Gasteiger partial charge in [-0.2, -0.15) is 0 Å². The molecule has 1 aromatic carbocycles. The summed E-state index contributed by atoms with van der Waals surface area (Å²) in [5, 5.41) is 17.0. The quantitative estimate of drug-likeness (QED) is 0.809. The van der Waals surface area contributed by atoms with Crippen LogP contribution in [0.1, 0.15) is 34.0 Å². The number of carboxylic acids is 1. The molecule has 7 heteroatoms. The summed E-state index contributed by atoms with van der Waals surface area (Å²) in [7, 11) is 0. The predicted octanol–water partition coefficient (Wildman–Crippen LogP) is 3.03. The van der Waals surface area contributed by atoms with Crippen LogP contribution < -0.4 is 10.6 Å². The van der Waals surface area contributed by atoms with Crippen molar-refractivity contribution in [3.8, 4) is 0 Å². The third-order valence-corrected chi connectivity index (χ3v) is 3.89. The van der Waals surface area contributed by atoms with Gasteiger partial charge < -0.3 is 15.7 Å². The average Bonchev–Trinajstić information content (AvgIpc) is 2.86. The van der Waals surface area contributed by atoms with Gasteiger partial charge in [0.25, 0.3) is 0 Å². The lowest BCUT2D eigenvalue weighted by Gasteiger charge is -2.12. The summed E-state index contributed by atoms with van der Waals surface area (Å²) < 4.78 is 0. The molecule has 0 saturated carbocycles. The van der Waals surface area contributed by atoms with E-state index in [1.54, 1.807) is 12.1 Å². The molecule has 2 aromatic rings. The van der Waals surface area contributed by atoms with Crippen LogP contribution in [0, 0.1) is 6.92 Å². The van der Waals surface area contributed by atoms with Crippen molar-refractivity contribution < 1.29 is 14.7 Å². The van der Waals surface area contributed by atoms with Crippen LogP contribution in [0.25, 0.3) is 0 Å². The highest BCUT2D eigenvalue weighted by atomic mass is 32.1. The van der Waals surface area contributed by atoms with Gasteiger partial charge >= 0.3 is 12.0 Å². The van der Waals surface area contributed by atoms with E-state index in [2.05, 4.69) is 15.6 Å². The molecule has 1 heterocycles. The van der Waals surface area contributed by atoms with E-state index in [9.17, 15) is 9.59 Å². The van der Waals surface area contributed by atoms with Crippen LogP contribution in [-0.2, 0) is 0 Å². The van der Waals surface area contributed by atoms with E-state index in [4.69, 9.17) is 5.11 Å².